The van der Waals surface area contributed by atoms with E-state index in [-0.39, 0.29) is 6.04 Å². The smallest absolute Gasteiger partial charge is 0.0588 e. The van der Waals surface area contributed by atoms with Crippen LogP contribution in [0.4, 0.5) is 0 Å². The Kier molecular flexibility index (Phi) is 4.78. The third kappa shape index (κ3) is 3.32. The highest BCUT2D eigenvalue weighted by Crippen LogP contribution is 2.28. The number of nitrogens with zero attached hydrogens (tertiary/aromatic N) is 2. The molecule has 0 bridgehead atoms. The Morgan fingerprint density at radius 3 is 2.89 bits per heavy atom. The summed E-state index contributed by atoms with van der Waals surface area (Å²) in [6, 6.07) is 4.85. The van der Waals surface area contributed by atoms with Gasteiger partial charge >= 0.3 is 0 Å². The predicted molar refractivity (Wildman–Crippen MR) is 78.9 cm³/mol. The fraction of sp³-hybridized carbons (Fsp3) is 0.714. The van der Waals surface area contributed by atoms with Crippen LogP contribution in [-0.4, -0.2) is 49.6 Å². The fourth-order valence-corrected chi connectivity index (χ4v) is 4.04. The van der Waals surface area contributed by atoms with Crippen LogP contribution in [-0.2, 0) is 0 Å². The van der Waals surface area contributed by atoms with E-state index in [9.17, 15) is 0 Å². The lowest BCUT2D eigenvalue weighted by Crippen LogP contribution is -2.39. The lowest BCUT2D eigenvalue weighted by molar-refractivity contribution is 0.190. The summed E-state index contributed by atoms with van der Waals surface area (Å²) in [4.78, 5) is 6.25. The molecule has 2 rings (SSSR count). The lowest BCUT2D eigenvalue weighted by atomic mass is 10.0. The average molecular weight is 267 g/mol. The molecule has 0 spiro atoms. The van der Waals surface area contributed by atoms with Crippen LogP contribution in [0.25, 0.3) is 0 Å². The highest BCUT2D eigenvalue weighted by molar-refractivity contribution is 7.10. The third-order valence-electron chi connectivity index (χ3n) is 3.84. The molecule has 2 N–H and O–H groups in total. The molecule has 0 radical (unpaired) electrons. The van der Waals surface area contributed by atoms with E-state index in [1.165, 1.54) is 24.4 Å². The van der Waals surface area contributed by atoms with E-state index >= 15 is 0 Å². The van der Waals surface area contributed by atoms with Crippen molar-refractivity contribution in [1.82, 2.24) is 9.80 Å². The number of rotatable bonds is 5. The first-order chi connectivity index (χ1) is 8.58. The maximum Gasteiger partial charge on any atom is 0.0588 e. The van der Waals surface area contributed by atoms with Crippen LogP contribution in [0.3, 0.4) is 0 Å². The summed E-state index contributed by atoms with van der Waals surface area (Å²) in [5.41, 5.74) is 6.18. The van der Waals surface area contributed by atoms with Gasteiger partial charge in [0.1, 0.15) is 0 Å². The normalized spacial score (nSPS) is 24.6. The van der Waals surface area contributed by atoms with Gasteiger partial charge in [0.05, 0.1) is 6.04 Å². The quantitative estimate of drug-likeness (QED) is 0.886. The van der Waals surface area contributed by atoms with Crippen LogP contribution < -0.4 is 5.73 Å². The number of hydrogen-bond acceptors (Lipinski definition) is 4. The highest BCUT2D eigenvalue weighted by atomic mass is 32.1. The maximum absolute atomic E-state index is 6.18. The molecular formula is C14H25N3S. The number of thiophene rings is 1. The van der Waals surface area contributed by atoms with Crippen molar-refractivity contribution in [3.63, 3.8) is 0 Å². The van der Waals surface area contributed by atoms with Crippen molar-refractivity contribution in [2.45, 2.75) is 25.4 Å². The van der Waals surface area contributed by atoms with Crippen molar-refractivity contribution in [2.75, 3.05) is 33.7 Å². The second-order valence-electron chi connectivity index (χ2n) is 5.68. The average Bonchev–Trinajstić information content (AvgIpc) is 2.90. The third-order valence-corrected chi connectivity index (χ3v) is 4.79. The van der Waals surface area contributed by atoms with Crippen LogP contribution in [0.5, 0.6) is 0 Å². The Morgan fingerprint density at radius 1 is 1.61 bits per heavy atom. The van der Waals surface area contributed by atoms with Crippen LogP contribution in [0, 0.1) is 5.92 Å². The van der Waals surface area contributed by atoms with Crippen LogP contribution in [0.1, 0.15) is 24.3 Å². The van der Waals surface area contributed by atoms with Gasteiger partial charge in [-0.3, -0.25) is 4.90 Å². The second-order valence-corrected chi connectivity index (χ2v) is 6.66. The van der Waals surface area contributed by atoms with Crippen LogP contribution in [0.2, 0.25) is 0 Å². The minimum Gasteiger partial charge on any atom is -0.326 e. The van der Waals surface area contributed by atoms with Gasteiger partial charge in [0.2, 0.25) is 0 Å². The van der Waals surface area contributed by atoms with Gasteiger partial charge in [0.15, 0.2) is 0 Å². The summed E-state index contributed by atoms with van der Waals surface area (Å²) >= 11 is 1.81. The van der Waals surface area contributed by atoms with Crippen LogP contribution in [0.15, 0.2) is 17.5 Å². The van der Waals surface area contributed by atoms with E-state index in [2.05, 4.69) is 48.3 Å². The first-order valence-corrected chi connectivity index (χ1v) is 7.63. The highest BCUT2D eigenvalue weighted by Gasteiger charge is 2.27. The van der Waals surface area contributed by atoms with Gasteiger partial charge in [-0.05, 0) is 51.3 Å². The minimum atomic E-state index is 0.174. The number of likely N-dealkylation sites (N-methyl/N-ethyl adjacent to an activating group) is 1. The van der Waals surface area contributed by atoms with Crippen molar-refractivity contribution in [2.24, 2.45) is 11.7 Å². The molecule has 3 atom stereocenters. The molecule has 1 aliphatic heterocycles. The zero-order valence-corrected chi connectivity index (χ0v) is 12.5. The van der Waals surface area contributed by atoms with Crippen molar-refractivity contribution in [1.29, 1.82) is 0 Å². The Labute approximate surface area is 115 Å². The number of likely N-dealkylation sites (tertiary alicyclic amines) is 1. The van der Waals surface area contributed by atoms with E-state index in [0.717, 1.165) is 12.5 Å². The Balaban J connectivity index is 1.98. The largest absolute Gasteiger partial charge is 0.326 e. The molecule has 4 heteroatoms. The molecule has 1 aromatic heterocycles. The first-order valence-electron chi connectivity index (χ1n) is 6.75. The molecule has 0 aromatic carbocycles. The second kappa shape index (κ2) is 6.15. The number of nitrogens with two attached hydrogens (primary N) is 1. The fourth-order valence-electron chi connectivity index (χ4n) is 3.03. The minimum absolute atomic E-state index is 0.174. The maximum atomic E-state index is 6.18. The van der Waals surface area contributed by atoms with Crippen molar-refractivity contribution >= 4 is 11.3 Å². The lowest BCUT2D eigenvalue weighted by Gasteiger charge is -2.32. The molecule has 1 fully saturated rings. The predicted octanol–water partition coefficient (Wildman–Crippen LogP) is 2.02. The van der Waals surface area contributed by atoms with Gasteiger partial charge in [-0.25, -0.2) is 0 Å². The summed E-state index contributed by atoms with van der Waals surface area (Å²) < 4.78 is 0. The van der Waals surface area contributed by atoms with E-state index in [0.29, 0.717) is 6.04 Å². The zero-order chi connectivity index (χ0) is 13.1. The Hall–Kier alpha value is -0.420. The standard InChI is InChI=1S/C14H25N3S/c1-11(15)14(13-5-4-8-18-13)17(3)10-12-6-7-16(2)9-12/h4-5,8,11-12,14H,6-7,9-10,15H2,1-3H3. The van der Waals surface area contributed by atoms with Gasteiger partial charge in [0.25, 0.3) is 0 Å². The molecule has 1 aromatic rings. The van der Waals surface area contributed by atoms with E-state index < -0.39 is 0 Å². The van der Waals surface area contributed by atoms with E-state index in [1.807, 2.05) is 11.3 Å². The molecule has 0 saturated carbocycles. The summed E-state index contributed by atoms with van der Waals surface area (Å²) in [6.45, 7) is 5.72. The molecule has 1 saturated heterocycles. The molecule has 0 aliphatic carbocycles. The monoisotopic (exact) mass is 267 g/mol. The molecular weight excluding hydrogens is 242 g/mol. The van der Waals surface area contributed by atoms with Crippen LogP contribution >= 0.6 is 11.3 Å². The molecule has 3 nitrogen and oxygen atoms in total. The van der Waals surface area contributed by atoms with Gasteiger partial charge in [-0.15, -0.1) is 11.3 Å². The summed E-state index contributed by atoms with van der Waals surface area (Å²) in [7, 11) is 4.42. The van der Waals surface area contributed by atoms with E-state index in [4.69, 9.17) is 5.73 Å². The van der Waals surface area contributed by atoms with Gasteiger partial charge < -0.3 is 10.6 Å². The summed E-state index contributed by atoms with van der Waals surface area (Å²) in [5, 5.41) is 2.14. The number of hydrogen-bond donors (Lipinski definition) is 1. The van der Waals surface area contributed by atoms with Crippen molar-refractivity contribution in [3.05, 3.63) is 22.4 Å². The summed E-state index contributed by atoms with van der Waals surface area (Å²) in [5.74, 6) is 0.793. The van der Waals surface area contributed by atoms with Gasteiger partial charge in [-0.2, -0.15) is 0 Å². The first kappa shape index (κ1) is 14.0. The van der Waals surface area contributed by atoms with E-state index in [1.54, 1.807) is 0 Å². The topological polar surface area (TPSA) is 32.5 Å². The van der Waals surface area contributed by atoms with Crippen molar-refractivity contribution < 1.29 is 0 Å². The molecule has 102 valence electrons. The molecule has 3 unspecified atom stereocenters. The van der Waals surface area contributed by atoms with Crippen molar-refractivity contribution in [3.8, 4) is 0 Å². The molecule has 18 heavy (non-hydrogen) atoms. The molecule has 2 heterocycles. The Morgan fingerprint density at radius 2 is 2.39 bits per heavy atom. The SMILES string of the molecule is CC(N)C(c1cccs1)N(C)CC1CCN(C)C1. The van der Waals surface area contributed by atoms with Gasteiger partial charge in [0, 0.05) is 24.0 Å². The zero-order valence-electron chi connectivity index (χ0n) is 11.7. The molecule has 1 aliphatic rings. The van der Waals surface area contributed by atoms with Gasteiger partial charge in [-0.1, -0.05) is 6.07 Å². The summed E-state index contributed by atoms with van der Waals surface area (Å²) in [6.07, 6.45) is 1.32. The molecule has 0 amide bonds. The Bertz CT molecular complexity index is 350.